The quantitative estimate of drug-likeness (QED) is 0.778. The van der Waals surface area contributed by atoms with Gasteiger partial charge in [-0.25, -0.2) is 4.79 Å². The first-order valence-electron chi connectivity index (χ1n) is 7.91. The summed E-state index contributed by atoms with van der Waals surface area (Å²) in [6.07, 6.45) is 3.06. The summed E-state index contributed by atoms with van der Waals surface area (Å²) < 4.78 is 6.30. The highest BCUT2D eigenvalue weighted by Gasteiger charge is 2.26. The summed E-state index contributed by atoms with van der Waals surface area (Å²) in [5.74, 6) is 0.0646. The number of nitrogens with zero attached hydrogens (tertiary/aromatic N) is 1. The van der Waals surface area contributed by atoms with Crippen molar-refractivity contribution in [2.45, 2.75) is 45.3 Å². The van der Waals surface area contributed by atoms with Crippen LogP contribution in [0, 0.1) is 0 Å². The molecule has 2 aromatic rings. The first-order valence-corrected chi connectivity index (χ1v) is 8.70. The minimum Gasteiger partial charge on any atom is -0.444 e. The first-order chi connectivity index (χ1) is 11.3. The molecular weight excluding hydrogens is 368 g/mol. The molecule has 0 spiro atoms. The van der Waals surface area contributed by atoms with Gasteiger partial charge in [0, 0.05) is 22.8 Å². The van der Waals surface area contributed by atoms with E-state index in [1.807, 2.05) is 45.0 Å². The highest BCUT2D eigenvalue weighted by Crippen LogP contribution is 2.31. The standard InChI is InChI=1S/C19H23BrN2O2/c1-13(14-8-6-5-7-9-14)17(15-10-16(20)12-21-11-15)22-18(23)24-19(2,3)4/h5-13,17H,1-4H3,(H,22,23)/t13-,17-/m1/s1. The van der Waals surface area contributed by atoms with Crippen LogP contribution < -0.4 is 5.32 Å². The predicted molar refractivity (Wildman–Crippen MR) is 98.9 cm³/mol. The maximum absolute atomic E-state index is 12.3. The molecular formula is C19H23BrN2O2. The van der Waals surface area contributed by atoms with Crippen LogP contribution in [0.15, 0.2) is 53.3 Å². The molecule has 0 unspecified atom stereocenters. The van der Waals surface area contributed by atoms with Crippen LogP contribution in [0.2, 0.25) is 0 Å². The van der Waals surface area contributed by atoms with Gasteiger partial charge in [-0.3, -0.25) is 4.98 Å². The molecule has 1 N–H and O–H groups in total. The number of alkyl carbamates (subject to hydrolysis) is 1. The van der Waals surface area contributed by atoms with E-state index in [0.717, 1.165) is 15.6 Å². The van der Waals surface area contributed by atoms with Crippen molar-refractivity contribution in [2.24, 2.45) is 0 Å². The van der Waals surface area contributed by atoms with Crippen LogP contribution in [0.1, 0.15) is 50.8 Å². The van der Waals surface area contributed by atoms with Crippen molar-refractivity contribution >= 4 is 22.0 Å². The minimum atomic E-state index is -0.542. The van der Waals surface area contributed by atoms with Crippen LogP contribution in [-0.2, 0) is 4.74 Å². The summed E-state index contributed by atoms with van der Waals surface area (Å²) in [5, 5.41) is 2.99. The number of hydrogen-bond acceptors (Lipinski definition) is 3. The molecule has 0 saturated heterocycles. The van der Waals surface area contributed by atoms with Crippen LogP contribution >= 0.6 is 15.9 Å². The van der Waals surface area contributed by atoms with Gasteiger partial charge < -0.3 is 10.1 Å². The zero-order chi connectivity index (χ0) is 17.7. The number of rotatable bonds is 4. The Hall–Kier alpha value is -1.88. The lowest BCUT2D eigenvalue weighted by Crippen LogP contribution is -2.36. The number of pyridine rings is 1. The molecule has 4 nitrogen and oxygen atoms in total. The average molecular weight is 391 g/mol. The van der Waals surface area contributed by atoms with Gasteiger partial charge in [0.2, 0.25) is 0 Å². The number of halogens is 1. The summed E-state index contributed by atoms with van der Waals surface area (Å²) in [6.45, 7) is 7.63. The Morgan fingerprint density at radius 2 is 1.83 bits per heavy atom. The van der Waals surface area contributed by atoms with E-state index in [2.05, 4.69) is 45.3 Å². The van der Waals surface area contributed by atoms with Crippen LogP contribution in [0.3, 0.4) is 0 Å². The Labute approximate surface area is 151 Å². The van der Waals surface area contributed by atoms with E-state index in [0.29, 0.717) is 0 Å². The molecule has 0 fully saturated rings. The van der Waals surface area contributed by atoms with E-state index in [4.69, 9.17) is 4.74 Å². The van der Waals surface area contributed by atoms with Crippen molar-refractivity contribution in [3.8, 4) is 0 Å². The summed E-state index contributed by atoms with van der Waals surface area (Å²) in [7, 11) is 0. The van der Waals surface area contributed by atoms with Gasteiger partial charge in [0.15, 0.2) is 0 Å². The van der Waals surface area contributed by atoms with E-state index in [9.17, 15) is 4.79 Å². The molecule has 0 aliphatic carbocycles. The fourth-order valence-electron chi connectivity index (χ4n) is 2.48. The van der Waals surface area contributed by atoms with Gasteiger partial charge in [-0.1, -0.05) is 37.3 Å². The van der Waals surface area contributed by atoms with Crippen molar-refractivity contribution in [1.82, 2.24) is 10.3 Å². The van der Waals surface area contributed by atoms with E-state index in [1.165, 1.54) is 0 Å². The number of carbonyl (C=O) groups is 1. The molecule has 2 rings (SSSR count). The van der Waals surface area contributed by atoms with E-state index >= 15 is 0 Å². The number of hydrogen-bond donors (Lipinski definition) is 1. The molecule has 5 heteroatoms. The van der Waals surface area contributed by atoms with Gasteiger partial charge in [0.25, 0.3) is 0 Å². The van der Waals surface area contributed by atoms with Gasteiger partial charge in [0.1, 0.15) is 5.60 Å². The van der Waals surface area contributed by atoms with E-state index in [-0.39, 0.29) is 12.0 Å². The van der Waals surface area contributed by atoms with Crippen molar-refractivity contribution in [3.63, 3.8) is 0 Å². The fourth-order valence-corrected chi connectivity index (χ4v) is 2.86. The van der Waals surface area contributed by atoms with Crippen molar-refractivity contribution in [3.05, 3.63) is 64.4 Å². The molecule has 0 radical (unpaired) electrons. The van der Waals surface area contributed by atoms with E-state index < -0.39 is 11.7 Å². The summed E-state index contributed by atoms with van der Waals surface area (Å²) in [5.41, 5.74) is 1.52. The molecule has 1 heterocycles. The van der Waals surface area contributed by atoms with Gasteiger partial charge in [-0.2, -0.15) is 0 Å². The number of carbonyl (C=O) groups excluding carboxylic acids is 1. The summed E-state index contributed by atoms with van der Waals surface area (Å²) in [6, 6.07) is 11.8. The number of amides is 1. The SMILES string of the molecule is C[C@H](c1ccccc1)[C@@H](NC(=O)OC(C)(C)C)c1cncc(Br)c1. The molecule has 1 amide bonds. The lowest BCUT2D eigenvalue weighted by Gasteiger charge is -2.28. The molecule has 0 aliphatic heterocycles. The van der Waals surface area contributed by atoms with Crippen LogP contribution in [-0.4, -0.2) is 16.7 Å². The van der Waals surface area contributed by atoms with Gasteiger partial charge in [-0.15, -0.1) is 0 Å². The Kier molecular flexibility index (Phi) is 5.99. The summed E-state index contributed by atoms with van der Waals surface area (Å²) >= 11 is 3.44. The molecule has 1 aromatic heterocycles. The highest BCUT2D eigenvalue weighted by atomic mass is 79.9. The minimum absolute atomic E-state index is 0.0646. The van der Waals surface area contributed by atoms with Crippen molar-refractivity contribution in [1.29, 1.82) is 0 Å². The Morgan fingerprint density at radius 3 is 2.42 bits per heavy atom. The Balaban J connectivity index is 2.29. The number of benzene rings is 1. The van der Waals surface area contributed by atoms with Crippen molar-refractivity contribution in [2.75, 3.05) is 0 Å². The monoisotopic (exact) mass is 390 g/mol. The smallest absolute Gasteiger partial charge is 0.408 e. The second-order valence-corrected chi connectivity index (χ2v) is 7.68. The lowest BCUT2D eigenvalue weighted by atomic mass is 9.89. The highest BCUT2D eigenvalue weighted by molar-refractivity contribution is 9.10. The first kappa shape index (κ1) is 18.5. The third-order valence-electron chi connectivity index (χ3n) is 3.58. The predicted octanol–water partition coefficient (Wildman–Crippen LogP) is 5.21. The largest absolute Gasteiger partial charge is 0.444 e. The zero-order valence-electron chi connectivity index (χ0n) is 14.4. The van der Waals surface area contributed by atoms with Gasteiger partial charge in [-0.05, 0) is 53.9 Å². The zero-order valence-corrected chi connectivity index (χ0v) is 16.0. The number of nitrogens with one attached hydrogen (secondary N) is 1. The molecule has 24 heavy (non-hydrogen) atoms. The molecule has 2 atom stereocenters. The topological polar surface area (TPSA) is 51.2 Å². The molecule has 128 valence electrons. The maximum atomic E-state index is 12.3. The van der Waals surface area contributed by atoms with Crippen molar-refractivity contribution < 1.29 is 9.53 Å². The molecule has 0 bridgehead atoms. The fraction of sp³-hybridized carbons (Fsp3) is 0.368. The van der Waals surface area contributed by atoms with Crippen LogP contribution in [0.5, 0.6) is 0 Å². The molecule has 1 aromatic carbocycles. The third kappa shape index (κ3) is 5.34. The molecule has 0 aliphatic rings. The second-order valence-electron chi connectivity index (χ2n) is 6.76. The van der Waals surface area contributed by atoms with Gasteiger partial charge >= 0.3 is 6.09 Å². The molecule has 0 saturated carbocycles. The maximum Gasteiger partial charge on any atom is 0.408 e. The number of aromatic nitrogens is 1. The normalized spacial score (nSPS) is 13.9. The Bertz CT molecular complexity index is 683. The summed E-state index contributed by atoms with van der Waals surface area (Å²) in [4.78, 5) is 16.5. The van der Waals surface area contributed by atoms with Gasteiger partial charge in [0.05, 0.1) is 6.04 Å². The number of ether oxygens (including phenoxy) is 1. The Morgan fingerprint density at radius 1 is 1.17 bits per heavy atom. The second kappa shape index (κ2) is 7.79. The lowest BCUT2D eigenvalue weighted by molar-refractivity contribution is 0.0496. The van der Waals surface area contributed by atoms with E-state index in [1.54, 1.807) is 12.4 Å². The van der Waals surface area contributed by atoms with Crippen LogP contribution in [0.4, 0.5) is 4.79 Å². The van der Waals surface area contributed by atoms with Crippen LogP contribution in [0.25, 0.3) is 0 Å². The third-order valence-corrected chi connectivity index (χ3v) is 4.02. The average Bonchev–Trinajstić information content (AvgIpc) is 2.51.